The van der Waals surface area contributed by atoms with Crippen molar-refractivity contribution in [1.82, 2.24) is 9.80 Å². The molecule has 0 radical (unpaired) electrons. The molecule has 0 N–H and O–H groups in total. The topological polar surface area (TPSA) is 59.1 Å². The van der Waals surface area contributed by atoms with Gasteiger partial charge in [0.05, 0.1) is 13.0 Å². The molecule has 1 saturated heterocycles. The smallest absolute Gasteiger partial charge is 0.387 e. The van der Waals surface area contributed by atoms with Crippen LogP contribution in [-0.4, -0.2) is 55.5 Å². The van der Waals surface area contributed by atoms with E-state index in [0.717, 1.165) is 12.0 Å². The van der Waals surface area contributed by atoms with E-state index in [2.05, 4.69) is 4.74 Å². The van der Waals surface area contributed by atoms with Crippen LogP contribution in [0.3, 0.4) is 0 Å². The fourth-order valence-electron chi connectivity index (χ4n) is 3.91. The van der Waals surface area contributed by atoms with Gasteiger partial charge in [-0.3, -0.25) is 9.59 Å². The van der Waals surface area contributed by atoms with Gasteiger partial charge in [-0.25, -0.2) is 0 Å². The predicted octanol–water partition coefficient (Wildman–Crippen LogP) is 4.12. The van der Waals surface area contributed by atoms with E-state index < -0.39 is 6.61 Å². The molecule has 0 bridgehead atoms. The number of rotatable bonds is 7. The third-order valence-electron chi connectivity index (χ3n) is 5.60. The minimum atomic E-state index is -2.97. The Hall–Kier alpha value is -3.16. The van der Waals surface area contributed by atoms with Crippen molar-refractivity contribution in [2.24, 2.45) is 5.92 Å². The molecular weight excluding hydrogens is 418 g/mol. The first kappa shape index (κ1) is 23.5. The molecule has 0 aromatic heterocycles. The number of benzene rings is 2. The van der Waals surface area contributed by atoms with Crippen molar-refractivity contribution in [2.45, 2.75) is 32.9 Å². The highest BCUT2D eigenvalue weighted by Gasteiger charge is 2.30. The van der Waals surface area contributed by atoms with Crippen LogP contribution < -0.4 is 9.47 Å². The Bertz CT molecular complexity index is 950. The molecule has 32 heavy (non-hydrogen) atoms. The summed E-state index contributed by atoms with van der Waals surface area (Å²) in [5.41, 5.74) is 2.33. The van der Waals surface area contributed by atoms with Gasteiger partial charge >= 0.3 is 6.61 Å². The molecule has 0 saturated carbocycles. The standard InChI is InChI=1S/C24H28F2N2O4/c1-16-6-9-18(10-7-16)23(30)28-12-4-5-19(15-28)22(29)27(2)14-17-8-11-20(31-3)21(13-17)32-24(25)26/h6-11,13,19,24H,4-5,12,14-15H2,1-3H3. The van der Waals surface area contributed by atoms with E-state index in [9.17, 15) is 18.4 Å². The Morgan fingerprint density at radius 1 is 1.16 bits per heavy atom. The SMILES string of the molecule is COc1ccc(CN(C)C(=O)C2CCCN(C(=O)c3ccc(C)cc3)C2)cc1OC(F)F. The van der Waals surface area contributed by atoms with Gasteiger partial charge in [-0.05, 0) is 49.6 Å². The molecular formula is C24H28F2N2O4. The van der Waals surface area contributed by atoms with Crippen molar-refractivity contribution in [3.05, 3.63) is 59.2 Å². The number of hydrogen-bond acceptors (Lipinski definition) is 4. The fourth-order valence-corrected chi connectivity index (χ4v) is 3.91. The summed E-state index contributed by atoms with van der Waals surface area (Å²) in [5, 5.41) is 0. The largest absolute Gasteiger partial charge is 0.493 e. The molecule has 8 heteroatoms. The molecule has 1 heterocycles. The van der Waals surface area contributed by atoms with Crippen LogP contribution in [0.25, 0.3) is 0 Å². The highest BCUT2D eigenvalue weighted by atomic mass is 19.3. The van der Waals surface area contributed by atoms with Crippen LogP contribution in [0.5, 0.6) is 11.5 Å². The monoisotopic (exact) mass is 446 g/mol. The summed E-state index contributed by atoms with van der Waals surface area (Å²) in [7, 11) is 3.04. The normalized spacial score (nSPS) is 16.1. The molecule has 1 aliphatic rings. The van der Waals surface area contributed by atoms with Gasteiger partial charge in [0.25, 0.3) is 5.91 Å². The molecule has 2 amide bonds. The van der Waals surface area contributed by atoms with Crippen LogP contribution >= 0.6 is 0 Å². The molecule has 1 aliphatic heterocycles. The van der Waals surface area contributed by atoms with E-state index in [-0.39, 0.29) is 35.8 Å². The molecule has 2 aromatic rings. The van der Waals surface area contributed by atoms with E-state index in [1.54, 1.807) is 35.0 Å². The summed E-state index contributed by atoms with van der Waals surface area (Å²) in [4.78, 5) is 29.2. The van der Waals surface area contributed by atoms with Crippen LogP contribution in [0, 0.1) is 12.8 Å². The van der Waals surface area contributed by atoms with Gasteiger partial charge in [0, 0.05) is 32.2 Å². The van der Waals surface area contributed by atoms with Crippen molar-refractivity contribution < 1.29 is 27.8 Å². The Kier molecular flexibility index (Phi) is 7.66. The van der Waals surface area contributed by atoms with E-state index in [0.29, 0.717) is 30.6 Å². The zero-order chi connectivity index (χ0) is 23.3. The average molecular weight is 446 g/mol. The number of halogens is 2. The Balaban J connectivity index is 1.65. The molecule has 172 valence electrons. The molecule has 6 nitrogen and oxygen atoms in total. The average Bonchev–Trinajstić information content (AvgIpc) is 2.78. The van der Waals surface area contributed by atoms with E-state index in [4.69, 9.17) is 4.74 Å². The first-order valence-electron chi connectivity index (χ1n) is 10.5. The van der Waals surface area contributed by atoms with Crippen LogP contribution in [0.4, 0.5) is 8.78 Å². The minimum Gasteiger partial charge on any atom is -0.493 e. The maximum Gasteiger partial charge on any atom is 0.387 e. The third kappa shape index (κ3) is 5.75. The first-order chi connectivity index (χ1) is 15.3. The minimum absolute atomic E-state index is 0.0749. The number of hydrogen-bond donors (Lipinski definition) is 0. The van der Waals surface area contributed by atoms with Gasteiger partial charge < -0.3 is 19.3 Å². The van der Waals surface area contributed by atoms with Crippen molar-refractivity contribution in [3.63, 3.8) is 0 Å². The fraction of sp³-hybridized carbons (Fsp3) is 0.417. The second-order valence-corrected chi connectivity index (χ2v) is 8.01. The zero-order valence-electron chi connectivity index (χ0n) is 18.5. The van der Waals surface area contributed by atoms with Gasteiger partial charge in [-0.1, -0.05) is 23.8 Å². The van der Waals surface area contributed by atoms with Crippen molar-refractivity contribution in [3.8, 4) is 11.5 Å². The Labute approximate surface area is 186 Å². The van der Waals surface area contributed by atoms with Crippen LogP contribution in [-0.2, 0) is 11.3 Å². The predicted molar refractivity (Wildman–Crippen MR) is 116 cm³/mol. The first-order valence-corrected chi connectivity index (χ1v) is 10.5. The number of carbonyl (C=O) groups excluding carboxylic acids is 2. The second kappa shape index (κ2) is 10.4. The summed E-state index contributed by atoms with van der Waals surface area (Å²) < 4.78 is 34.9. The highest BCUT2D eigenvalue weighted by molar-refractivity contribution is 5.94. The maximum absolute atomic E-state index is 13.0. The lowest BCUT2D eigenvalue weighted by Gasteiger charge is -2.34. The molecule has 0 spiro atoms. The number of piperidine rings is 1. The number of alkyl halides is 2. The van der Waals surface area contributed by atoms with Crippen LogP contribution in [0.15, 0.2) is 42.5 Å². The number of methoxy groups -OCH3 is 1. The third-order valence-corrected chi connectivity index (χ3v) is 5.60. The number of nitrogens with zero attached hydrogens (tertiary/aromatic N) is 2. The Morgan fingerprint density at radius 2 is 1.88 bits per heavy atom. The highest BCUT2D eigenvalue weighted by Crippen LogP contribution is 2.30. The summed E-state index contributed by atoms with van der Waals surface area (Å²) in [6.07, 6.45) is 1.44. The number of carbonyl (C=O) groups is 2. The number of ether oxygens (including phenoxy) is 2. The van der Waals surface area contributed by atoms with E-state index in [1.807, 2.05) is 19.1 Å². The van der Waals surface area contributed by atoms with Gasteiger partial charge in [0.15, 0.2) is 11.5 Å². The van der Waals surface area contributed by atoms with Crippen molar-refractivity contribution in [1.29, 1.82) is 0 Å². The number of likely N-dealkylation sites (tertiary alicyclic amines) is 1. The van der Waals surface area contributed by atoms with E-state index >= 15 is 0 Å². The van der Waals surface area contributed by atoms with Gasteiger partial charge in [-0.2, -0.15) is 8.78 Å². The summed E-state index contributed by atoms with van der Waals surface area (Å²) in [5.74, 6) is -0.347. The zero-order valence-corrected chi connectivity index (χ0v) is 18.5. The number of amides is 2. The molecule has 1 unspecified atom stereocenters. The summed E-state index contributed by atoms with van der Waals surface area (Å²) in [6, 6.07) is 12.1. The van der Waals surface area contributed by atoms with Gasteiger partial charge in [-0.15, -0.1) is 0 Å². The number of aryl methyl sites for hydroxylation is 1. The lowest BCUT2D eigenvalue weighted by Crippen LogP contribution is -2.45. The maximum atomic E-state index is 13.0. The lowest BCUT2D eigenvalue weighted by molar-refractivity contribution is -0.136. The second-order valence-electron chi connectivity index (χ2n) is 8.01. The quantitative estimate of drug-likeness (QED) is 0.642. The van der Waals surface area contributed by atoms with E-state index in [1.165, 1.54) is 19.2 Å². The summed E-state index contributed by atoms with van der Waals surface area (Å²) in [6.45, 7) is 0.194. The molecule has 3 rings (SSSR count). The molecule has 1 atom stereocenters. The van der Waals surface area contributed by atoms with Crippen LogP contribution in [0.2, 0.25) is 0 Å². The lowest BCUT2D eigenvalue weighted by atomic mass is 9.95. The van der Waals surface area contributed by atoms with Crippen molar-refractivity contribution >= 4 is 11.8 Å². The molecule has 1 fully saturated rings. The van der Waals surface area contributed by atoms with Crippen molar-refractivity contribution in [2.75, 3.05) is 27.2 Å². The summed E-state index contributed by atoms with van der Waals surface area (Å²) >= 11 is 0. The molecule has 2 aromatic carbocycles. The Morgan fingerprint density at radius 3 is 2.53 bits per heavy atom. The van der Waals surface area contributed by atoms with Crippen LogP contribution in [0.1, 0.15) is 34.3 Å². The van der Waals surface area contributed by atoms with Gasteiger partial charge in [0.2, 0.25) is 5.91 Å². The molecule has 0 aliphatic carbocycles. The van der Waals surface area contributed by atoms with Gasteiger partial charge in [0.1, 0.15) is 0 Å².